The zero-order valence-corrected chi connectivity index (χ0v) is 12.3. The minimum Gasteiger partial charge on any atom is -0.320 e. The first-order valence-corrected chi connectivity index (χ1v) is 7.92. The summed E-state index contributed by atoms with van der Waals surface area (Å²) in [6.45, 7) is 0. The molecule has 4 aromatic rings. The maximum atomic E-state index is 6.53. The van der Waals surface area contributed by atoms with Gasteiger partial charge in [-0.15, -0.1) is 11.3 Å². The van der Waals surface area contributed by atoms with Crippen LogP contribution in [0, 0.1) is 0 Å². The zero-order valence-electron chi connectivity index (χ0n) is 11.5. The number of rotatable bonds is 2. The third-order valence-electron chi connectivity index (χ3n) is 3.98. The van der Waals surface area contributed by atoms with Crippen LogP contribution < -0.4 is 5.73 Å². The molecular formula is C19H15NS. The highest BCUT2D eigenvalue weighted by Gasteiger charge is 2.14. The normalized spacial score (nSPS) is 12.8. The molecule has 1 atom stereocenters. The summed E-state index contributed by atoms with van der Waals surface area (Å²) in [7, 11) is 0. The van der Waals surface area contributed by atoms with E-state index in [4.69, 9.17) is 5.73 Å². The Morgan fingerprint density at radius 2 is 1.48 bits per heavy atom. The molecule has 0 radical (unpaired) electrons. The molecule has 0 aliphatic rings. The van der Waals surface area contributed by atoms with Crippen molar-refractivity contribution >= 4 is 32.9 Å². The first kappa shape index (κ1) is 12.6. The van der Waals surface area contributed by atoms with E-state index >= 15 is 0 Å². The summed E-state index contributed by atoms with van der Waals surface area (Å²) in [5.74, 6) is 0. The van der Waals surface area contributed by atoms with Crippen molar-refractivity contribution in [3.8, 4) is 0 Å². The van der Waals surface area contributed by atoms with E-state index in [1.54, 1.807) is 11.3 Å². The van der Waals surface area contributed by atoms with Gasteiger partial charge in [0.05, 0.1) is 6.04 Å². The van der Waals surface area contributed by atoms with Gasteiger partial charge >= 0.3 is 0 Å². The predicted octanol–water partition coefficient (Wildman–Crippen LogP) is 5.10. The van der Waals surface area contributed by atoms with Crippen molar-refractivity contribution < 1.29 is 0 Å². The lowest BCUT2D eigenvalue weighted by Gasteiger charge is -2.15. The molecule has 3 aromatic carbocycles. The van der Waals surface area contributed by atoms with Gasteiger partial charge in [-0.3, -0.25) is 0 Å². The fraction of sp³-hybridized carbons (Fsp3) is 0.0526. The van der Waals surface area contributed by atoms with Crippen LogP contribution in [0.15, 0.2) is 72.1 Å². The summed E-state index contributed by atoms with van der Waals surface area (Å²) in [4.78, 5) is 1.20. The molecule has 102 valence electrons. The lowest BCUT2D eigenvalue weighted by atomic mass is 9.93. The van der Waals surface area contributed by atoms with Crippen LogP contribution in [-0.4, -0.2) is 0 Å². The van der Waals surface area contributed by atoms with E-state index in [9.17, 15) is 0 Å². The van der Waals surface area contributed by atoms with Gasteiger partial charge in [-0.25, -0.2) is 0 Å². The molecule has 0 aliphatic heterocycles. The van der Waals surface area contributed by atoms with Crippen molar-refractivity contribution in [2.24, 2.45) is 5.73 Å². The Morgan fingerprint density at radius 1 is 0.762 bits per heavy atom. The average Bonchev–Trinajstić information content (AvgIpc) is 3.08. The fourth-order valence-corrected chi connectivity index (χ4v) is 3.71. The van der Waals surface area contributed by atoms with Gasteiger partial charge in [0.2, 0.25) is 0 Å². The van der Waals surface area contributed by atoms with Crippen LogP contribution in [0.5, 0.6) is 0 Å². The Morgan fingerprint density at radius 3 is 2.24 bits per heavy atom. The van der Waals surface area contributed by atoms with Gasteiger partial charge in [-0.05, 0) is 44.6 Å². The molecular weight excluding hydrogens is 274 g/mol. The zero-order chi connectivity index (χ0) is 14.2. The molecule has 0 unspecified atom stereocenters. The van der Waals surface area contributed by atoms with Crippen molar-refractivity contribution in [1.29, 1.82) is 0 Å². The molecule has 1 nitrogen and oxygen atoms in total. The van der Waals surface area contributed by atoms with Crippen LogP contribution >= 0.6 is 11.3 Å². The molecule has 0 fully saturated rings. The van der Waals surface area contributed by atoms with Crippen molar-refractivity contribution in [2.45, 2.75) is 6.04 Å². The minimum atomic E-state index is -0.0699. The van der Waals surface area contributed by atoms with Gasteiger partial charge in [0.15, 0.2) is 0 Å². The SMILES string of the molecule is N[C@H](c1cccs1)c1cc2ccccc2c2ccccc12. The van der Waals surface area contributed by atoms with Crippen LogP contribution in [0.25, 0.3) is 21.5 Å². The molecule has 0 bridgehead atoms. The van der Waals surface area contributed by atoms with Gasteiger partial charge in [0.25, 0.3) is 0 Å². The smallest absolute Gasteiger partial charge is 0.0652 e. The number of benzene rings is 3. The first-order valence-electron chi connectivity index (χ1n) is 7.04. The Kier molecular flexibility index (Phi) is 2.99. The highest BCUT2D eigenvalue weighted by Crippen LogP contribution is 2.34. The molecule has 0 aliphatic carbocycles. The summed E-state index contributed by atoms with van der Waals surface area (Å²) in [6.07, 6.45) is 0. The van der Waals surface area contributed by atoms with Gasteiger partial charge in [-0.1, -0.05) is 54.6 Å². The molecule has 0 amide bonds. The van der Waals surface area contributed by atoms with E-state index in [-0.39, 0.29) is 6.04 Å². The quantitative estimate of drug-likeness (QED) is 0.510. The van der Waals surface area contributed by atoms with E-state index in [2.05, 4.69) is 72.1 Å². The average molecular weight is 289 g/mol. The molecule has 1 aromatic heterocycles. The summed E-state index contributed by atoms with van der Waals surface area (Å²) in [6, 6.07) is 23.4. The van der Waals surface area contributed by atoms with Gasteiger partial charge < -0.3 is 5.73 Å². The molecule has 2 N–H and O–H groups in total. The lowest BCUT2D eigenvalue weighted by Crippen LogP contribution is -2.10. The molecule has 2 heteroatoms. The number of fused-ring (bicyclic) bond motifs is 3. The van der Waals surface area contributed by atoms with Gasteiger partial charge in [0, 0.05) is 4.88 Å². The monoisotopic (exact) mass is 289 g/mol. The van der Waals surface area contributed by atoms with Gasteiger partial charge in [-0.2, -0.15) is 0 Å². The topological polar surface area (TPSA) is 26.0 Å². The van der Waals surface area contributed by atoms with E-state index in [1.807, 2.05) is 0 Å². The molecule has 1 heterocycles. The van der Waals surface area contributed by atoms with Crippen molar-refractivity contribution in [3.05, 3.63) is 82.6 Å². The third kappa shape index (κ3) is 2.04. The van der Waals surface area contributed by atoms with Crippen molar-refractivity contribution in [1.82, 2.24) is 0 Å². The summed E-state index contributed by atoms with van der Waals surface area (Å²) >= 11 is 1.71. The van der Waals surface area contributed by atoms with Crippen LogP contribution in [0.3, 0.4) is 0 Å². The molecule has 4 rings (SSSR count). The van der Waals surface area contributed by atoms with E-state index in [0.29, 0.717) is 0 Å². The first-order chi connectivity index (χ1) is 10.3. The molecule has 21 heavy (non-hydrogen) atoms. The number of hydrogen-bond acceptors (Lipinski definition) is 2. The molecule has 0 saturated heterocycles. The Hall–Kier alpha value is -2.16. The van der Waals surface area contributed by atoms with Crippen LogP contribution in [0.1, 0.15) is 16.5 Å². The Balaban J connectivity index is 2.07. The van der Waals surface area contributed by atoms with E-state index in [1.165, 1.54) is 32.0 Å². The lowest BCUT2D eigenvalue weighted by molar-refractivity contribution is 0.905. The van der Waals surface area contributed by atoms with Crippen molar-refractivity contribution in [2.75, 3.05) is 0 Å². The number of hydrogen-bond donors (Lipinski definition) is 1. The summed E-state index contributed by atoms with van der Waals surface area (Å²) in [5.41, 5.74) is 7.73. The highest BCUT2D eigenvalue weighted by atomic mass is 32.1. The fourth-order valence-electron chi connectivity index (χ4n) is 2.96. The number of nitrogens with two attached hydrogens (primary N) is 1. The second-order valence-corrected chi connectivity index (χ2v) is 6.20. The van der Waals surface area contributed by atoms with Crippen LogP contribution in [0.2, 0.25) is 0 Å². The third-order valence-corrected chi connectivity index (χ3v) is 4.94. The molecule has 0 spiro atoms. The highest BCUT2D eigenvalue weighted by molar-refractivity contribution is 7.10. The largest absolute Gasteiger partial charge is 0.320 e. The standard InChI is InChI=1S/C19H15NS/c20-19(18-10-5-11-21-18)17-12-13-6-1-2-7-14(13)15-8-3-4-9-16(15)17/h1-12,19H,20H2/t19-/m0/s1. The number of thiophene rings is 1. The maximum Gasteiger partial charge on any atom is 0.0652 e. The minimum absolute atomic E-state index is 0.0699. The Bertz CT molecular complexity index is 909. The predicted molar refractivity (Wildman–Crippen MR) is 91.8 cm³/mol. The van der Waals surface area contributed by atoms with Crippen LogP contribution in [0.4, 0.5) is 0 Å². The maximum absolute atomic E-state index is 6.53. The van der Waals surface area contributed by atoms with Crippen molar-refractivity contribution in [3.63, 3.8) is 0 Å². The second-order valence-electron chi connectivity index (χ2n) is 5.23. The van der Waals surface area contributed by atoms with E-state index in [0.717, 1.165) is 0 Å². The van der Waals surface area contributed by atoms with Gasteiger partial charge in [0.1, 0.15) is 0 Å². The van der Waals surface area contributed by atoms with Crippen LogP contribution in [-0.2, 0) is 0 Å². The summed E-state index contributed by atoms with van der Waals surface area (Å²) in [5, 5.41) is 7.14. The molecule has 0 saturated carbocycles. The Labute approximate surface area is 127 Å². The second kappa shape index (κ2) is 4.99. The van der Waals surface area contributed by atoms with E-state index < -0.39 is 0 Å². The summed E-state index contributed by atoms with van der Waals surface area (Å²) < 4.78 is 0.